The van der Waals surface area contributed by atoms with Crippen molar-refractivity contribution in [3.8, 4) is 5.88 Å². The van der Waals surface area contributed by atoms with Gasteiger partial charge in [-0.1, -0.05) is 11.6 Å². The molecule has 3 heterocycles. The summed E-state index contributed by atoms with van der Waals surface area (Å²) in [6, 6.07) is 3.32. The Kier molecular flexibility index (Phi) is 5.44. The van der Waals surface area contributed by atoms with Crippen molar-refractivity contribution in [2.45, 2.75) is 56.2 Å². The number of carboxylic acids is 1. The molecule has 2 N–H and O–H groups in total. The first-order valence-electron chi connectivity index (χ1n) is 9.41. The fourth-order valence-corrected chi connectivity index (χ4v) is 4.18. The van der Waals surface area contributed by atoms with E-state index in [-0.39, 0.29) is 36.6 Å². The third-order valence-corrected chi connectivity index (χ3v) is 5.68. The molecule has 0 saturated carbocycles. The molecule has 1 saturated heterocycles. The van der Waals surface area contributed by atoms with E-state index < -0.39 is 23.9 Å². The topological polar surface area (TPSA) is 97.3 Å². The van der Waals surface area contributed by atoms with Crippen molar-refractivity contribution in [3.05, 3.63) is 40.3 Å². The van der Waals surface area contributed by atoms with Gasteiger partial charge < -0.3 is 14.6 Å². The van der Waals surface area contributed by atoms with Crippen LogP contribution >= 0.6 is 11.6 Å². The van der Waals surface area contributed by atoms with Gasteiger partial charge >= 0.3 is 5.97 Å². The number of carboxylic acid groups (broad SMARTS) is 1. The van der Waals surface area contributed by atoms with Crippen LogP contribution in [0.3, 0.4) is 0 Å². The molecule has 1 fully saturated rings. The molecule has 0 aromatic carbocycles. The van der Waals surface area contributed by atoms with E-state index >= 15 is 0 Å². The maximum absolute atomic E-state index is 14.8. The Morgan fingerprint density at radius 3 is 3.00 bits per heavy atom. The lowest BCUT2D eigenvalue weighted by molar-refractivity contribution is -0.0838. The molecular weight excluding hydrogens is 408 g/mol. The van der Waals surface area contributed by atoms with Gasteiger partial charge in [-0.3, -0.25) is 5.10 Å². The van der Waals surface area contributed by atoms with Crippen LogP contribution in [-0.2, 0) is 11.2 Å². The Bertz CT molecular complexity index is 890. The molecule has 2 aromatic heterocycles. The highest BCUT2D eigenvalue weighted by Crippen LogP contribution is 2.47. The standard InChI is InChI=1S/C19H20ClF2N3O4/c20-10-1-2-15(23-9-10)29-11-4-6-28-12(7-11)8-13-16-14(3-5-19(13,21)22)24-25-17(16)18(26)27/h1-2,9,11-13H,3-8H2,(H,24,25)(H,26,27)/t11-,12+,13?/m0/s1. The Hall–Kier alpha value is -2.26. The number of aromatic amines is 1. The zero-order chi connectivity index (χ0) is 20.6. The van der Waals surface area contributed by atoms with Crippen molar-refractivity contribution in [1.29, 1.82) is 0 Å². The SMILES string of the molecule is O=C(O)c1n[nH]c2c1C(C[C@H]1C[C@@H](Oc3ccc(Cl)cn3)CCO1)C(F)(F)CC2. The minimum atomic E-state index is -3.03. The van der Waals surface area contributed by atoms with E-state index in [1.54, 1.807) is 12.1 Å². The quantitative estimate of drug-likeness (QED) is 0.752. The van der Waals surface area contributed by atoms with Gasteiger partial charge in [-0.05, 0) is 18.9 Å². The Morgan fingerprint density at radius 2 is 2.28 bits per heavy atom. The third kappa shape index (κ3) is 4.20. The lowest BCUT2D eigenvalue weighted by Crippen LogP contribution is -2.39. The van der Waals surface area contributed by atoms with Crippen LogP contribution in [-0.4, -0.2) is 51.0 Å². The molecule has 156 valence electrons. The zero-order valence-corrected chi connectivity index (χ0v) is 16.2. The molecule has 1 unspecified atom stereocenters. The Morgan fingerprint density at radius 1 is 1.45 bits per heavy atom. The second kappa shape index (κ2) is 7.87. The van der Waals surface area contributed by atoms with Crippen LogP contribution in [0.5, 0.6) is 5.88 Å². The average molecular weight is 428 g/mol. The lowest BCUT2D eigenvalue weighted by atomic mass is 9.78. The van der Waals surface area contributed by atoms with Gasteiger partial charge in [0.2, 0.25) is 5.88 Å². The van der Waals surface area contributed by atoms with Gasteiger partial charge in [-0.25, -0.2) is 18.6 Å². The van der Waals surface area contributed by atoms with Crippen LogP contribution in [0.4, 0.5) is 8.78 Å². The molecule has 29 heavy (non-hydrogen) atoms. The highest BCUT2D eigenvalue weighted by Gasteiger charge is 2.48. The van der Waals surface area contributed by atoms with Crippen molar-refractivity contribution in [1.82, 2.24) is 15.2 Å². The average Bonchev–Trinajstić information content (AvgIpc) is 3.11. The third-order valence-electron chi connectivity index (χ3n) is 5.46. The number of aromatic carboxylic acids is 1. The van der Waals surface area contributed by atoms with Crippen LogP contribution in [0, 0.1) is 0 Å². The Balaban J connectivity index is 1.50. The fraction of sp³-hybridized carbons (Fsp3) is 0.526. The predicted octanol–water partition coefficient (Wildman–Crippen LogP) is 3.84. The minimum Gasteiger partial charge on any atom is -0.476 e. The molecule has 0 spiro atoms. The molecule has 0 bridgehead atoms. The number of hydrogen-bond donors (Lipinski definition) is 2. The van der Waals surface area contributed by atoms with E-state index in [0.717, 1.165) is 0 Å². The smallest absolute Gasteiger partial charge is 0.356 e. The summed E-state index contributed by atoms with van der Waals surface area (Å²) >= 11 is 5.82. The first-order valence-corrected chi connectivity index (χ1v) is 9.79. The molecule has 4 rings (SSSR count). The zero-order valence-electron chi connectivity index (χ0n) is 15.4. The summed E-state index contributed by atoms with van der Waals surface area (Å²) in [5.41, 5.74) is 0.227. The maximum Gasteiger partial charge on any atom is 0.356 e. The van der Waals surface area contributed by atoms with E-state index in [0.29, 0.717) is 36.0 Å². The number of rotatable bonds is 5. The molecule has 3 atom stereocenters. The molecular formula is C19H20ClF2N3O4. The first kappa shape index (κ1) is 20.0. The number of carbonyl (C=O) groups is 1. The summed E-state index contributed by atoms with van der Waals surface area (Å²) in [6.45, 7) is 0.366. The number of halogens is 3. The molecule has 2 aliphatic rings. The first-order chi connectivity index (χ1) is 13.8. The van der Waals surface area contributed by atoms with E-state index in [9.17, 15) is 18.7 Å². The summed E-state index contributed by atoms with van der Waals surface area (Å²) in [6.07, 6.45) is 1.48. The molecule has 10 heteroatoms. The molecule has 1 aliphatic heterocycles. The summed E-state index contributed by atoms with van der Waals surface area (Å²) in [5.74, 6) is -5.21. The second-order valence-corrected chi connectivity index (χ2v) is 7.83. The molecule has 7 nitrogen and oxygen atoms in total. The Labute approximate surface area is 170 Å². The van der Waals surface area contributed by atoms with Gasteiger partial charge in [0.1, 0.15) is 6.10 Å². The summed E-state index contributed by atoms with van der Waals surface area (Å²) in [4.78, 5) is 15.6. The summed E-state index contributed by atoms with van der Waals surface area (Å²) in [7, 11) is 0. The fourth-order valence-electron chi connectivity index (χ4n) is 4.07. The number of aryl methyl sites for hydroxylation is 1. The van der Waals surface area contributed by atoms with E-state index in [1.165, 1.54) is 6.20 Å². The number of fused-ring (bicyclic) bond motifs is 1. The monoisotopic (exact) mass is 427 g/mol. The van der Waals surface area contributed by atoms with Crippen molar-refractivity contribution >= 4 is 17.6 Å². The van der Waals surface area contributed by atoms with Crippen molar-refractivity contribution in [3.63, 3.8) is 0 Å². The van der Waals surface area contributed by atoms with Gasteiger partial charge in [0.25, 0.3) is 5.92 Å². The van der Waals surface area contributed by atoms with Gasteiger partial charge in [0.05, 0.1) is 23.7 Å². The van der Waals surface area contributed by atoms with Crippen molar-refractivity contribution < 1.29 is 28.2 Å². The van der Waals surface area contributed by atoms with Crippen molar-refractivity contribution in [2.24, 2.45) is 0 Å². The van der Waals surface area contributed by atoms with Crippen molar-refractivity contribution in [2.75, 3.05) is 6.61 Å². The number of hydrogen-bond acceptors (Lipinski definition) is 5. The van der Waals surface area contributed by atoms with Crippen LogP contribution < -0.4 is 4.74 Å². The van der Waals surface area contributed by atoms with E-state index in [1.807, 2.05) is 0 Å². The van der Waals surface area contributed by atoms with Crippen LogP contribution in [0.1, 0.15) is 53.3 Å². The van der Waals surface area contributed by atoms with E-state index in [2.05, 4.69) is 15.2 Å². The van der Waals surface area contributed by atoms with Crippen LogP contribution in [0.15, 0.2) is 18.3 Å². The summed E-state index contributed by atoms with van der Waals surface area (Å²) in [5, 5.41) is 16.2. The number of alkyl halides is 2. The minimum absolute atomic E-state index is 0.00623. The highest BCUT2D eigenvalue weighted by atomic mass is 35.5. The lowest BCUT2D eigenvalue weighted by Gasteiger charge is -2.36. The highest BCUT2D eigenvalue weighted by molar-refractivity contribution is 6.30. The number of ether oxygens (including phenoxy) is 2. The normalized spacial score (nSPS) is 26.0. The van der Waals surface area contributed by atoms with Crippen LogP contribution in [0.25, 0.3) is 0 Å². The van der Waals surface area contributed by atoms with Gasteiger partial charge in [-0.15, -0.1) is 0 Å². The number of nitrogens with zero attached hydrogens (tertiary/aromatic N) is 2. The van der Waals surface area contributed by atoms with E-state index in [4.69, 9.17) is 21.1 Å². The number of nitrogens with one attached hydrogen (secondary N) is 1. The summed E-state index contributed by atoms with van der Waals surface area (Å²) < 4.78 is 41.1. The molecule has 1 aliphatic carbocycles. The van der Waals surface area contributed by atoms with Gasteiger partial charge in [0, 0.05) is 42.8 Å². The predicted molar refractivity (Wildman–Crippen MR) is 98.8 cm³/mol. The molecule has 0 amide bonds. The number of aromatic nitrogens is 3. The molecule has 0 radical (unpaired) electrons. The van der Waals surface area contributed by atoms with Gasteiger partial charge in [0.15, 0.2) is 5.69 Å². The largest absolute Gasteiger partial charge is 0.476 e. The maximum atomic E-state index is 14.8. The second-order valence-electron chi connectivity index (χ2n) is 7.39. The van der Waals surface area contributed by atoms with Crippen LogP contribution in [0.2, 0.25) is 5.02 Å². The molecule has 2 aromatic rings. The number of pyridine rings is 1. The van der Waals surface area contributed by atoms with Gasteiger partial charge in [-0.2, -0.15) is 5.10 Å². The number of H-pyrrole nitrogens is 1.